The number of H-pyrrole nitrogens is 1. The highest BCUT2D eigenvalue weighted by Gasteiger charge is 2.51. The van der Waals surface area contributed by atoms with Gasteiger partial charge < -0.3 is 34.5 Å². The van der Waals surface area contributed by atoms with Crippen LogP contribution in [-0.2, 0) is 37.4 Å². The van der Waals surface area contributed by atoms with Crippen molar-refractivity contribution in [2.45, 2.75) is 76.1 Å². The average Bonchev–Trinajstić information content (AvgIpc) is 3.84. The summed E-state index contributed by atoms with van der Waals surface area (Å²) in [4.78, 5) is 75.8. The number of imidazole rings is 1. The van der Waals surface area contributed by atoms with Crippen LogP contribution in [0.3, 0.4) is 0 Å². The third-order valence-electron chi connectivity index (χ3n) is 8.54. The van der Waals surface area contributed by atoms with Gasteiger partial charge in [-0.05, 0) is 26.0 Å². The molecule has 4 N–H and O–H groups in total. The summed E-state index contributed by atoms with van der Waals surface area (Å²) in [5, 5.41) is 24.0. The Kier molecular flexibility index (Phi) is 11.6. The first-order chi connectivity index (χ1) is 25.4. The van der Waals surface area contributed by atoms with Gasteiger partial charge in [0.25, 0.3) is 11.5 Å². The van der Waals surface area contributed by atoms with E-state index in [0.717, 1.165) is 4.57 Å². The van der Waals surface area contributed by atoms with Gasteiger partial charge in [0.05, 0.1) is 19.4 Å². The number of aliphatic hydroxyl groups is 2. The van der Waals surface area contributed by atoms with Gasteiger partial charge in [-0.15, -0.1) is 9.05 Å². The van der Waals surface area contributed by atoms with Crippen molar-refractivity contribution in [2.24, 2.45) is 0 Å². The Labute approximate surface area is 300 Å². The van der Waals surface area contributed by atoms with E-state index in [1.54, 1.807) is 30.3 Å². The number of benzene rings is 1. The van der Waals surface area contributed by atoms with Crippen LogP contribution in [0.4, 0.5) is 5.82 Å². The number of nitrogens with zero attached hydrogens (tertiary/aromatic N) is 5. The molecule has 0 saturated carbocycles. The minimum absolute atomic E-state index is 0.0492. The van der Waals surface area contributed by atoms with E-state index in [1.165, 1.54) is 37.3 Å². The lowest BCUT2D eigenvalue weighted by Crippen LogP contribution is -2.35. The largest absolute Gasteiger partial charge is 0.697 e. The maximum Gasteiger partial charge on any atom is 0.697 e. The predicted octanol–water partition coefficient (Wildman–Crippen LogP) is 0.816. The lowest BCUT2D eigenvalue weighted by molar-refractivity contribution is -0.153. The Bertz CT molecular complexity index is 2120. The van der Waals surface area contributed by atoms with E-state index in [9.17, 15) is 38.8 Å². The van der Waals surface area contributed by atoms with Crippen molar-refractivity contribution in [2.75, 3.05) is 18.5 Å². The summed E-state index contributed by atoms with van der Waals surface area (Å²) in [5.41, 5.74) is -0.404. The number of carbonyl (C=O) groups is 3. The molecule has 21 heteroatoms. The Balaban J connectivity index is 1.13. The molecule has 53 heavy (non-hydrogen) atoms. The van der Waals surface area contributed by atoms with Gasteiger partial charge >= 0.3 is 19.9 Å². The van der Waals surface area contributed by atoms with Crippen LogP contribution in [0.15, 0.2) is 58.8 Å². The molecule has 1 aromatic carbocycles. The number of ether oxygens (including phenoxy) is 3. The summed E-state index contributed by atoms with van der Waals surface area (Å²) in [7, 11) is -3.03. The molecule has 2 aliphatic rings. The van der Waals surface area contributed by atoms with Crippen molar-refractivity contribution >= 4 is 42.9 Å². The smallest absolute Gasteiger partial charge is 0.459 e. The third kappa shape index (κ3) is 8.44. The van der Waals surface area contributed by atoms with Crippen LogP contribution in [-0.4, -0.2) is 101 Å². The number of ketones is 1. The Morgan fingerprint density at radius 1 is 1.08 bits per heavy atom. The van der Waals surface area contributed by atoms with E-state index < -0.39 is 87.6 Å². The number of rotatable bonds is 14. The first-order valence-electron chi connectivity index (χ1n) is 16.3. The van der Waals surface area contributed by atoms with Crippen molar-refractivity contribution in [3.63, 3.8) is 0 Å². The molecule has 0 aliphatic carbocycles. The van der Waals surface area contributed by atoms with Gasteiger partial charge in [0.15, 0.2) is 29.3 Å². The fraction of sp³-hybridized carbons (Fsp3) is 0.438. The zero-order valence-corrected chi connectivity index (χ0v) is 29.2. The summed E-state index contributed by atoms with van der Waals surface area (Å²) >= 11 is 0. The second-order valence-electron chi connectivity index (χ2n) is 12.3. The summed E-state index contributed by atoms with van der Waals surface area (Å²) < 4.78 is 43.8. The van der Waals surface area contributed by atoms with Crippen molar-refractivity contribution in [3.8, 4) is 0 Å². The molecule has 0 spiro atoms. The van der Waals surface area contributed by atoms with E-state index in [0.29, 0.717) is 5.56 Å². The molecular formula is C32H35N7O13P+. The molecule has 2 aliphatic heterocycles. The molecule has 4 aromatic rings. The number of aliphatic hydroxyl groups excluding tert-OH is 2. The number of amides is 1. The highest BCUT2D eigenvalue weighted by atomic mass is 31.1. The number of hydrogen-bond acceptors (Lipinski definition) is 16. The molecule has 1 amide bonds. The topological polar surface area (TPSA) is 265 Å². The fourth-order valence-corrected chi connectivity index (χ4v) is 6.63. The van der Waals surface area contributed by atoms with Crippen molar-refractivity contribution in [3.05, 3.63) is 81.1 Å². The number of aromatic nitrogens is 6. The summed E-state index contributed by atoms with van der Waals surface area (Å²) in [6, 6.07) is 8.43. The highest BCUT2D eigenvalue weighted by Crippen LogP contribution is 2.40. The van der Waals surface area contributed by atoms with Crippen LogP contribution in [0.25, 0.3) is 11.2 Å². The SMILES string of the molecule is CC(=O)CCC(=O)O[C@H]1C[C@H](n2cc(C)c(=O)[nH]c2=O)O[C@@H]1CO[P+](=O)O[C@H]1[C@@H](O)[C@H](n2cnc3c(NC(=O)c4ccccc4)ncnc32)O[C@@H]1CO. The van der Waals surface area contributed by atoms with Crippen LogP contribution in [0.1, 0.15) is 54.6 Å². The van der Waals surface area contributed by atoms with Crippen LogP contribution < -0.4 is 16.6 Å². The number of aromatic amines is 1. The monoisotopic (exact) mass is 756 g/mol. The number of aryl methyl sites for hydroxylation is 1. The third-order valence-corrected chi connectivity index (χ3v) is 9.32. The number of Topliss-reactive ketones (excluding diaryl/α,β-unsaturated/α-hetero) is 1. The van der Waals surface area contributed by atoms with Gasteiger partial charge in [-0.3, -0.25) is 28.5 Å². The second kappa shape index (κ2) is 16.3. The average molecular weight is 757 g/mol. The predicted molar refractivity (Wildman–Crippen MR) is 180 cm³/mol. The minimum Gasteiger partial charge on any atom is -0.459 e. The zero-order valence-electron chi connectivity index (χ0n) is 28.3. The van der Waals surface area contributed by atoms with E-state index >= 15 is 0 Å². The molecule has 3 aromatic heterocycles. The lowest BCUT2D eigenvalue weighted by atomic mass is 10.1. The Hall–Kier alpha value is -5.08. The number of carbonyl (C=O) groups excluding carboxylic acids is 3. The standard InChI is InChI=1S/C32H34N7O13P/c1-16-11-38(32(46)37-29(16)44)22-10-19(50-23(42)9-8-17(2)41)21(49-22)13-48-53(47)52-26-20(12-40)51-31(25(26)43)39-15-35-24-27(33-14-34-28(24)39)36-30(45)18-6-4-3-5-7-18/h3-7,11,14-15,19-22,25-26,31,40,43H,8-10,12-13H2,1-2H3,(H-,33,34,36,37,44,45,46)/p+1/t19-,20+,21+,22+,25+,26+,31+/m0/s1. The first-order valence-corrected chi connectivity index (χ1v) is 17.4. The lowest BCUT2D eigenvalue weighted by Gasteiger charge is -2.17. The molecule has 2 fully saturated rings. The van der Waals surface area contributed by atoms with Gasteiger partial charge in [-0.25, -0.2) is 19.7 Å². The van der Waals surface area contributed by atoms with Gasteiger partial charge in [0.1, 0.15) is 49.4 Å². The van der Waals surface area contributed by atoms with Crippen molar-refractivity contribution in [1.82, 2.24) is 29.1 Å². The van der Waals surface area contributed by atoms with E-state index in [-0.39, 0.29) is 47.6 Å². The number of nitrogens with one attached hydrogen (secondary N) is 2. The quantitative estimate of drug-likeness (QED) is 0.102. The number of fused-ring (bicyclic) bond motifs is 1. The van der Waals surface area contributed by atoms with Crippen molar-refractivity contribution in [1.29, 1.82) is 0 Å². The van der Waals surface area contributed by atoms with E-state index in [2.05, 4.69) is 25.3 Å². The highest BCUT2D eigenvalue weighted by molar-refractivity contribution is 7.33. The fourth-order valence-electron chi connectivity index (χ4n) is 5.84. The van der Waals surface area contributed by atoms with Crippen LogP contribution in [0, 0.1) is 6.92 Å². The first kappa shape index (κ1) is 37.7. The maximum atomic E-state index is 13.1. The van der Waals surface area contributed by atoms with Crippen LogP contribution >= 0.6 is 8.25 Å². The zero-order chi connectivity index (χ0) is 37.8. The van der Waals surface area contributed by atoms with Crippen LogP contribution in [0.5, 0.6) is 0 Å². The normalized spacial score (nSPS) is 24.3. The number of hydrogen-bond donors (Lipinski definition) is 4. The molecule has 280 valence electrons. The Morgan fingerprint density at radius 2 is 1.85 bits per heavy atom. The van der Waals surface area contributed by atoms with Gasteiger partial charge in [-0.1, -0.05) is 18.2 Å². The van der Waals surface area contributed by atoms with Gasteiger partial charge in [0, 0.05) is 34.7 Å². The van der Waals surface area contributed by atoms with E-state index in [1.807, 2.05) is 0 Å². The Morgan fingerprint density at radius 3 is 2.58 bits per heavy atom. The van der Waals surface area contributed by atoms with Gasteiger partial charge in [0.2, 0.25) is 0 Å². The summed E-state index contributed by atoms with van der Waals surface area (Å²) in [6.45, 7) is 1.68. The molecule has 1 unspecified atom stereocenters. The van der Waals surface area contributed by atoms with E-state index in [4.69, 9.17) is 23.3 Å². The molecular weight excluding hydrogens is 721 g/mol. The molecule has 8 atom stereocenters. The molecule has 5 heterocycles. The summed E-state index contributed by atoms with van der Waals surface area (Å²) in [5.74, 6) is -1.28. The molecule has 0 bridgehead atoms. The molecule has 20 nitrogen and oxygen atoms in total. The second-order valence-corrected chi connectivity index (χ2v) is 13.2. The summed E-state index contributed by atoms with van der Waals surface area (Å²) in [6.07, 6.45) is -5.01. The minimum atomic E-state index is -3.03. The molecule has 6 rings (SSSR count). The number of anilines is 1. The maximum absolute atomic E-state index is 13.1. The molecule has 2 saturated heterocycles. The van der Waals surface area contributed by atoms with Crippen LogP contribution in [0.2, 0.25) is 0 Å². The number of esters is 1. The van der Waals surface area contributed by atoms with Crippen molar-refractivity contribution < 1.29 is 52.4 Å². The molecule has 0 radical (unpaired) electrons. The van der Waals surface area contributed by atoms with Gasteiger partial charge in [-0.2, -0.15) is 0 Å².